The summed E-state index contributed by atoms with van der Waals surface area (Å²) in [4.78, 5) is 12.6. The molecule has 8 heteroatoms. The Morgan fingerprint density at radius 3 is 2.63 bits per heavy atom. The molecule has 0 unspecified atom stereocenters. The molecule has 2 heterocycles. The van der Waals surface area contributed by atoms with Crippen LogP contribution < -0.4 is 19.1 Å². The average Bonchev–Trinajstić information content (AvgIpc) is 2.66. The molecule has 0 aliphatic carbocycles. The number of amides is 1. The lowest BCUT2D eigenvalue weighted by Crippen LogP contribution is -2.34. The number of rotatable bonds is 3. The maximum atomic E-state index is 12.6. The van der Waals surface area contributed by atoms with E-state index >= 15 is 0 Å². The maximum Gasteiger partial charge on any atom is 0.255 e. The first-order valence-electron chi connectivity index (χ1n) is 8.73. The van der Waals surface area contributed by atoms with Crippen molar-refractivity contribution < 1.29 is 22.7 Å². The molecule has 0 saturated heterocycles. The van der Waals surface area contributed by atoms with Crippen molar-refractivity contribution in [3.8, 4) is 11.5 Å². The predicted molar refractivity (Wildman–Crippen MR) is 102 cm³/mol. The second-order valence-electron chi connectivity index (χ2n) is 6.59. The number of fused-ring (bicyclic) bond motifs is 2. The van der Waals surface area contributed by atoms with E-state index in [9.17, 15) is 13.2 Å². The smallest absolute Gasteiger partial charge is 0.255 e. The lowest BCUT2D eigenvalue weighted by Gasteiger charge is -2.29. The number of aryl methyl sites for hydroxylation is 1. The SMILES string of the molecule is CS(=O)(=O)N1CCCc2cc(C(=O)Nc3ccc4c(c3)OCCO4)ccc21. The molecule has 2 aromatic carbocycles. The van der Waals surface area contributed by atoms with Crippen molar-refractivity contribution in [1.29, 1.82) is 0 Å². The van der Waals surface area contributed by atoms with Crippen molar-refractivity contribution in [2.45, 2.75) is 12.8 Å². The van der Waals surface area contributed by atoms with E-state index in [-0.39, 0.29) is 5.91 Å². The summed E-state index contributed by atoms with van der Waals surface area (Å²) in [7, 11) is -3.32. The number of nitrogens with zero attached hydrogens (tertiary/aromatic N) is 1. The van der Waals surface area contributed by atoms with Crippen LogP contribution in [0.25, 0.3) is 0 Å². The number of carbonyl (C=O) groups excluding carboxylic acids is 1. The minimum atomic E-state index is -3.32. The Morgan fingerprint density at radius 1 is 1.07 bits per heavy atom. The van der Waals surface area contributed by atoms with Gasteiger partial charge in [0.15, 0.2) is 11.5 Å². The molecule has 1 N–H and O–H groups in total. The quantitative estimate of drug-likeness (QED) is 0.873. The summed E-state index contributed by atoms with van der Waals surface area (Å²) in [6.07, 6.45) is 2.67. The molecule has 0 radical (unpaired) electrons. The molecule has 0 saturated carbocycles. The fourth-order valence-corrected chi connectivity index (χ4v) is 4.37. The molecule has 0 fully saturated rings. The maximum absolute atomic E-state index is 12.6. The molecule has 0 spiro atoms. The second kappa shape index (κ2) is 6.77. The average molecular weight is 388 g/mol. The minimum absolute atomic E-state index is 0.258. The molecule has 27 heavy (non-hydrogen) atoms. The van der Waals surface area contributed by atoms with Crippen LogP contribution in [0.1, 0.15) is 22.3 Å². The summed E-state index contributed by atoms with van der Waals surface area (Å²) in [5.74, 6) is 1.01. The van der Waals surface area contributed by atoms with Gasteiger partial charge in [-0.15, -0.1) is 0 Å². The summed E-state index contributed by atoms with van der Waals surface area (Å²) in [5.41, 5.74) is 2.61. The Hall–Kier alpha value is -2.74. The third-order valence-electron chi connectivity index (χ3n) is 4.62. The van der Waals surface area contributed by atoms with Crippen molar-refractivity contribution in [2.24, 2.45) is 0 Å². The highest BCUT2D eigenvalue weighted by atomic mass is 32.2. The fourth-order valence-electron chi connectivity index (χ4n) is 3.37. The number of sulfonamides is 1. The number of hydrogen-bond donors (Lipinski definition) is 1. The molecule has 2 aliphatic heterocycles. The molecule has 2 aromatic rings. The lowest BCUT2D eigenvalue weighted by molar-refractivity contribution is 0.102. The molecule has 0 atom stereocenters. The van der Waals surface area contributed by atoms with Gasteiger partial charge in [-0.05, 0) is 48.7 Å². The Balaban J connectivity index is 1.56. The van der Waals surface area contributed by atoms with Gasteiger partial charge in [0.2, 0.25) is 10.0 Å². The van der Waals surface area contributed by atoms with Crippen LogP contribution >= 0.6 is 0 Å². The van der Waals surface area contributed by atoms with Gasteiger partial charge in [-0.1, -0.05) is 0 Å². The van der Waals surface area contributed by atoms with E-state index in [1.165, 1.54) is 10.6 Å². The zero-order valence-electron chi connectivity index (χ0n) is 14.9. The number of nitrogens with one attached hydrogen (secondary N) is 1. The number of anilines is 2. The van der Waals surface area contributed by atoms with Gasteiger partial charge in [0, 0.05) is 23.9 Å². The molecule has 4 rings (SSSR count). The first-order valence-corrected chi connectivity index (χ1v) is 10.6. The minimum Gasteiger partial charge on any atom is -0.486 e. The van der Waals surface area contributed by atoms with Gasteiger partial charge >= 0.3 is 0 Å². The van der Waals surface area contributed by atoms with E-state index in [1.807, 2.05) is 0 Å². The largest absolute Gasteiger partial charge is 0.486 e. The van der Waals surface area contributed by atoms with Crippen molar-refractivity contribution in [2.75, 3.05) is 35.6 Å². The van der Waals surface area contributed by atoms with Gasteiger partial charge in [0.25, 0.3) is 5.91 Å². The predicted octanol–water partition coefficient (Wildman–Crippen LogP) is 2.42. The van der Waals surface area contributed by atoms with E-state index in [1.54, 1.807) is 36.4 Å². The zero-order valence-corrected chi connectivity index (χ0v) is 15.7. The first kappa shape index (κ1) is 17.7. The third kappa shape index (κ3) is 3.57. The van der Waals surface area contributed by atoms with Gasteiger partial charge in [-0.3, -0.25) is 9.10 Å². The lowest BCUT2D eigenvalue weighted by atomic mass is 10.0. The topological polar surface area (TPSA) is 84.9 Å². The van der Waals surface area contributed by atoms with Gasteiger partial charge in [0.1, 0.15) is 13.2 Å². The van der Waals surface area contributed by atoms with E-state index in [0.29, 0.717) is 48.2 Å². The Bertz CT molecular complexity index is 1000. The van der Waals surface area contributed by atoms with E-state index in [2.05, 4.69) is 5.32 Å². The third-order valence-corrected chi connectivity index (χ3v) is 5.80. The Morgan fingerprint density at radius 2 is 1.85 bits per heavy atom. The summed E-state index contributed by atoms with van der Waals surface area (Å²) in [5, 5.41) is 2.85. The van der Waals surface area contributed by atoms with E-state index in [4.69, 9.17) is 9.47 Å². The zero-order chi connectivity index (χ0) is 19.0. The Labute approximate surface area is 157 Å². The van der Waals surface area contributed by atoms with Crippen LogP contribution in [0.3, 0.4) is 0 Å². The number of ether oxygens (including phenoxy) is 2. The van der Waals surface area contributed by atoms with Gasteiger partial charge in [-0.2, -0.15) is 0 Å². The summed E-state index contributed by atoms with van der Waals surface area (Å²) < 4.78 is 36.3. The molecule has 0 bridgehead atoms. The molecule has 1 amide bonds. The Kier molecular flexibility index (Phi) is 4.43. The van der Waals surface area contributed by atoms with E-state index < -0.39 is 10.0 Å². The van der Waals surface area contributed by atoms with Gasteiger partial charge in [-0.25, -0.2) is 8.42 Å². The summed E-state index contributed by atoms with van der Waals surface area (Å²) in [6.45, 7) is 1.46. The van der Waals surface area contributed by atoms with E-state index in [0.717, 1.165) is 18.4 Å². The molecule has 2 aliphatic rings. The molecule has 0 aromatic heterocycles. The fraction of sp³-hybridized carbons (Fsp3) is 0.316. The van der Waals surface area contributed by atoms with Crippen LogP contribution in [0.15, 0.2) is 36.4 Å². The van der Waals surface area contributed by atoms with Crippen molar-refractivity contribution in [1.82, 2.24) is 0 Å². The first-order chi connectivity index (χ1) is 12.9. The second-order valence-corrected chi connectivity index (χ2v) is 8.50. The van der Waals surface area contributed by atoms with Crippen LogP contribution in [0.2, 0.25) is 0 Å². The summed E-state index contributed by atoms with van der Waals surface area (Å²) >= 11 is 0. The van der Waals surface area contributed by atoms with Gasteiger partial charge in [0.05, 0.1) is 11.9 Å². The highest BCUT2D eigenvalue weighted by Crippen LogP contribution is 2.33. The van der Waals surface area contributed by atoms with Crippen LogP contribution in [0, 0.1) is 0 Å². The highest BCUT2D eigenvalue weighted by Gasteiger charge is 2.24. The summed E-state index contributed by atoms with van der Waals surface area (Å²) in [6, 6.07) is 10.4. The number of carbonyl (C=O) groups is 1. The van der Waals surface area contributed by atoms with Crippen LogP contribution in [0.5, 0.6) is 11.5 Å². The van der Waals surface area contributed by atoms with Crippen LogP contribution in [-0.4, -0.2) is 40.3 Å². The molecule has 142 valence electrons. The molecular weight excluding hydrogens is 368 g/mol. The standard InChI is InChI=1S/C19H20N2O5S/c1-27(23,24)21-8-2-3-13-11-14(4-6-16(13)21)19(22)20-15-5-7-17-18(12-15)26-10-9-25-17/h4-7,11-12H,2-3,8-10H2,1H3,(H,20,22). The van der Waals surface area contributed by atoms with Crippen LogP contribution in [0.4, 0.5) is 11.4 Å². The normalized spacial score (nSPS) is 15.8. The highest BCUT2D eigenvalue weighted by molar-refractivity contribution is 7.92. The van der Waals surface area contributed by atoms with Gasteiger partial charge < -0.3 is 14.8 Å². The van der Waals surface area contributed by atoms with Crippen molar-refractivity contribution >= 4 is 27.3 Å². The van der Waals surface area contributed by atoms with Crippen molar-refractivity contribution in [3.63, 3.8) is 0 Å². The van der Waals surface area contributed by atoms with Crippen molar-refractivity contribution in [3.05, 3.63) is 47.5 Å². The number of benzene rings is 2. The van der Waals surface area contributed by atoms with Crippen LogP contribution in [-0.2, 0) is 16.4 Å². The monoisotopic (exact) mass is 388 g/mol. The number of hydrogen-bond acceptors (Lipinski definition) is 5. The molecular formula is C19H20N2O5S. The molecule has 7 nitrogen and oxygen atoms in total.